The van der Waals surface area contributed by atoms with Gasteiger partial charge in [0.1, 0.15) is 5.92 Å². The zero-order chi connectivity index (χ0) is 16.3. The van der Waals surface area contributed by atoms with Gasteiger partial charge >= 0.3 is 0 Å². The first-order chi connectivity index (χ1) is 10.1. The Morgan fingerprint density at radius 3 is 2.55 bits per heavy atom. The largest absolute Gasteiger partial charge is 0.298 e. The van der Waals surface area contributed by atoms with E-state index in [0.717, 1.165) is 18.4 Å². The summed E-state index contributed by atoms with van der Waals surface area (Å²) in [5.74, 6) is -0.284. The summed E-state index contributed by atoms with van der Waals surface area (Å²) in [7, 11) is 0. The summed E-state index contributed by atoms with van der Waals surface area (Å²) in [5.41, 5.74) is 0.241. The summed E-state index contributed by atoms with van der Waals surface area (Å²) in [5, 5.41) is 9.44. The first-order valence-electron chi connectivity index (χ1n) is 8.05. The van der Waals surface area contributed by atoms with Crippen LogP contribution in [0.1, 0.15) is 47.0 Å². The fourth-order valence-electron chi connectivity index (χ4n) is 5.35. The highest BCUT2D eigenvalue weighted by atomic mass is 16.1. The van der Waals surface area contributed by atoms with E-state index >= 15 is 0 Å². The van der Waals surface area contributed by atoms with E-state index in [4.69, 9.17) is 0 Å². The minimum Gasteiger partial charge on any atom is -0.298 e. The van der Waals surface area contributed by atoms with Crippen molar-refractivity contribution in [1.82, 2.24) is 0 Å². The van der Waals surface area contributed by atoms with E-state index in [9.17, 15) is 14.9 Å². The molecule has 0 N–H and O–H groups in total. The Kier molecular flexibility index (Phi) is 3.05. The van der Waals surface area contributed by atoms with Crippen LogP contribution in [0, 0.1) is 39.4 Å². The molecule has 0 radical (unpaired) electrons. The zero-order valence-corrected chi connectivity index (χ0v) is 13.8. The molecule has 0 spiro atoms. The maximum Gasteiger partial charge on any atom is 0.178 e. The number of rotatable bonds is 0. The van der Waals surface area contributed by atoms with Crippen LogP contribution in [0.3, 0.4) is 0 Å². The van der Waals surface area contributed by atoms with Crippen LogP contribution >= 0.6 is 0 Å². The van der Waals surface area contributed by atoms with Gasteiger partial charge in [-0.1, -0.05) is 39.3 Å². The molecule has 3 nitrogen and oxygen atoms in total. The number of hydrogen-bond donors (Lipinski definition) is 0. The molecule has 3 aliphatic carbocycles. The number of carbonyl (C=O) groups is 2. The Labute approximate surface area is 132 Å². The smallest absolute Gasteiger partial charge is 0.178 e. The van der Waals surface area contributed by atoms with Crippen LogP contribution in [0.5, 0.6) is 0 Å². The van der Waals surface area contributed by atoms with Gasteiger partial charge in [-0.25, -0.2) is 0 Å². The highest BCUT2D eigenvalue weighted by Crippen LogP contribution is 2.64. The lowest BCUT2D eigenvalue weighted by Gasteiger charge is -2.59. The van der Waals surface area contributed by atoms with Crippen molar-refractivity contribution in [2.24, 2.45) is 28.1 Å². The third-order valence-electron chi connectivity index (χ3n) is 6.46. The molecule has 0 amide bonds. The maximum absolute atomic E-state index is 12.7. The monoisotopic (exact) mass is 297 g/mol. The molecule has 116 valence electrons. The number of carbonyl (C=O) groups excluding carboxylic acids is 2. The molecule has 22 heavy (non-hydrogen) atoms. The fraction of sp³-hybridized carbons (Fsp3) is 0.632. The maximum atomic E-state index is 12.7. The molecular formula is C19H23NO2. The SMILES string of the molecule is CC1(C)C(=O)C(C#N)C[C@]2(C)C3=CC(=O)C=C[C@]3(C)CC[C@@H]12. The number of allylic oxidation sites excluding steroid dienone is 4. The van der Waals surface area contributed by atoms with Crippen LogP contribution < -0.4 is 0 Å². The number of fused-ring (bicyclic) bond motifs is 3. The van der Waals surface area contributed by atoms with Crippen LogP contribution in [0.15, 0.2) is 23.8 Å². The minimum atomic E-state index is -0.569. The van der Waals surface area contributed by atoms with E-state index in [-0.39, 0.29) is 28.3 Å². The van der Waals surface area contributed by atoms with E-state index in [0.29, 0.717) is 6.42 Å². The molecule has 0 aromatic carbocycles. The Bertz CT molecular complexity index is 663. The lowest BCUT2D eigenvalue weighted by Crippen LogP contribution is -2.56. The van der Waals surface area contributed by atoms with Gasteiger partial charge in [-0.15, -0.1) is 0 Å². The average Bonchev–Trinajstić information content (AvgIpc) is 2.45. The van der Waals surface area contributed by atoms with Crippen molar-refractivity contribution in [3.8, 4) is 6.07 Å². The molecule has 0 saturated heterocycles. The highest BCUT2D eigenvalue weighted by Gasteiger charge is 2.60. The van der Waals surface area contributed by atoms with Crippen LogP contribution in [0.25, 0.3) is 0 Å². The first-order valence-corrected chi connectivity index (χ1v) is 8.05. The summed E-state index contributed by atoms with van der Waals surface area (Å²) in [4.78, 5) is 24.6. The minimum absolute atomic E-state index is 0.0255. The summed E-state index contributed by atoms with van der Waals surface area (Å²) >= 11 is 0. The van der Waals surface area contributed by atoms with Crippen molar-refractivity contribution < 1.29 is 9.59 Å². The molecule has 2 fully saturated rings. The van der Waals surface area contributed by atoms with E-state index in [1.807, 2.05) is 19.9 Å². The standard InChI is InChI=1S/C19H23NO2/c1-17(2)14-6-8-18(3)7-5-13(21)9-15(18)19(14,4)10-12(11-20)16(17)22/h5,7,9,12,14H,6,8,10H2,1-4H3/t12?,14-,18+,19-/m0/s1. The quantitative estimate of drug-likeness (QED) is 0.686. The Morgan fingerprint density at radius 1 is 1.23 bits per heavy atom. The van der Waals surface area contributed by atoms with E-state index in [1.54, 1.807) is 12.2 Å². The first kappa shape index (κ1) is 15.2. The predicted molar refractivity (Wildman–Crippen MR) is 83.7 cm³/mol. The normalized spacial score (nSPS) is 43.0. The molecule has 1 unspecified atom stereocenters. The van der Waals surface area contributed by atoms with Gasteiger partial charge in [0.05, 0.1) is 6.07 Å². The molecule has 3 heteroatoms. The van der Waals surface area contributed by atoms with Crippen molar-refractivity contribution in [2.45, 2.75) is 47.0 Å². The van der Waals surface area contributed by atoms with Gasteiger partial charge in [-0.2, -0.15) is 5.26 Å². The van der Waals surface area contributed by atoms with Gasteiger partial charge in [0.15, 0.2) is 11.6 Å². The summed E-state index contributed by atoms with van der Waals surface area (Å²) in [6, 6.07) is 2.21. The second-order valence-corrected chi connectivity index (χ2v) is 8.19. The summed E-state index contributed by atoms with van der Waals surface area (Å²) < 4.78 is 0. The van der Waals surface area contributed by atoms with Crippen molar-refractivity contribution >= 4 is 11.6 Å². The number of nitriles is 1. The van der Waals surface area contributed by atoms with Crippen LogP contribution in [0.4, 0.5) is 0 Å². The van der Waals surface area contributed by atoms with Crippen LogP contribution in [-0.2, 0) is 9.59 Å². The van der Waals surface area contributed by atoms with Crippen molar-refractivity contribution in [3.63, 3.8) is 0 Å². The Balaban J connectivity index is 2.16. The van der Waals surface area contributed by atoms with Crippen molar-refractivity contribution in [2.75, 3.05) is 0 Å². The van der Waals surface area contributed by atoms with Gasteiger partial charge in [0.2, 0.25) is 0 Å². The number of ketones is 2. The molecule has 3 aliphatic rings. The number of nitrogens with zero attached hydrogens (tertiary/aromatic N) is 1. The molecule has 0 aliphatic heterocycles. The molecule has 0 aromatic heterocycles. The topological polar surface area (TPSA) is 57.9 Å². The van der Waals surface area contributed by atoms with Crippen LogP contribution in [-0.4, -0.2) is 11.6 Å². The third-order valence-corrected chi connectivity index (χ3v) is 6.46. The molecule has 0 heterocycles. The van der Waals surface area contributed by atoms with E-state index in [2.05, 4.69) is 19.9 Å². The molecule has 3 rings (SSSR count). The number of hydrogen-bond acceptors (Lipinski definition) is 3. The van der Waals surface area contributed by atoms with Gasteiger partial charge in [0.25, 0.3) is 0 Å². The number of Topliss-reactive ketones (excluding diaryl/α,β-unsaturated/α-hetero) is 1. The average molecular weight is 297 g/mol. The van der Waals surface area contributed by atoms with Gasteiger partial charge in [-0.05, 0) is 42.7 Å². The molecule has 0 aromatic rings. The summed E-state index contributed by atoms with van der Waals surface area (Å²) in [6.45, 7) is 8.29. The second-order valence-electron chi connectivity index (χ2n) is 8.19. The molecule has 0 bridgehead atoms. The van der Waals surface area contributed by atoms with Crippen molar-refractivity contribution in [1.29, 1.82) is 5.26 Å². The molecular weight excluding hydrogens is 274 g/mol. The highest BCUT2D eigenvalue weighted by molar-refractivity contribution is 6.01. The van der Waals surface area contributed by atoms with Gasteiger partial charge in [0, 0.05) is 10.8 Å². The van der Waals surface area contributed by atoms with E-state index < -0.39 is 11.3 Å². The van der Waals surface area contributed by atoms with Gasteiger partial charge < -0.3 is 0 Å². The zero-order valence-electron chi connectivity index (χ0n) is 13.8. The summed E-state index contributed by atoms with van der Waals surface area (Å²) in [6.07, 6.45) is 7.91. The van der Waals surface area contributed by atoms with Crippen LogP contribution in [0.2, 0.25) is 0 Å². The Hall–Kier alpha value is -1.69. The van der Waals surface area contributed by atoms with Gasteiger partial charge in [-0.3, -0.25) is 9.59 Å². The predicted octanol–water partition coefficient (Wildman–Crippen LogP) is 3.61. The van der Waals surface area contributed by atoms with Crippen molar-refractivity contribution in [3.05, 3.63) is 23.8 Å². The second kappa shape index (κ2) is 4.41. The lowest BCUT2D eigenvalue weighted by atomic mass is 9.43. The Morgan fingerprint density at radius 2 is 1.91 bits per heavy atom. The molecule has 2 saturated carbocycles. The fourth-order valence-corrected chi connectivity index (χ4v) is 5.35. The lowest BCUT2D eigenvalue weighted by molar-refractivity contribution is -0.145. The van der Waals surface area contributed by atoms with E-state index in [1.165, 1.54) is 0 Å². The third kappa shape index (κ3) is 1.79. The molecule has 4 atom stereocenters.